The minimum Gasteiger partial charge on any atom is -1.00 e. The predicted octanol–water partition coefficient (Wildman–Crippen LogP) is -1.29. The van der Waals surface area contributed by atoms with Crippen LogP contribution in [0.4, 0.5) is 0 Å². The normalized spacial score (nSPS) is 11.9. The zero-order valence-electron chi connectivity index (χ0n) is 11.8. The Kier molecular flexibility index (Phi) is 14.1. The Morgan fingerprint density at radius 1 is 1.15 bits per heavy atom. The smallest absolute Gasteiger partial charge is 1.00 e. The van der Waals surface area contributed by atoms with Crippen molar-refractivity contribution in [3.05, 3.63) is 58.9 Å². The first kappa shape index (κ1) is 22.2. The molecule has 1 aliphatic rings. The van der Waals surface area contributed by atoms with Gasteiger partial charge in [0.25, 0.3) is 0 Å². The van der Waals surface area contributed by atoms with E-state index in [0.717, 1.165) is 19.5 Å². The van der Waals surface area contributed by atoms with E-state index in [1.807, 2.05) is 0 Å². The summed E-state index contributed by atoms with van der Waals surface area (Å²) in [6.07, 6.45) is 10.0. The van der Waals surface area contributed by atoms with E-state index in [1.165, 1.54) is 29.5 Å². The van der Waals surface area contributed by atoms with Crippen LogP contribution < -0.4 is 24.8 Å². The first-order valence-corrected chi connectivity index (χ1v) is 6.49. The third kappa shape index (κ3) is 6.60. The van der Waals surface area contributed by atoms with Gasteiger partial charge >= 0.3 is 21.7 Å². The van der Waals surface area contributed by atoms with Crippen LogP contribution >= 0.6 is 0 Å². The fourth-order valence-electron chi connectivity index (χ4n) is 2.09. The molecule has 0 unspecified atom stereocenters. The second-order valence-electron chi connectivity index (χ2n) is 4.44. The average molecular weight is 345 g/mol. The van der Waals surface area contributed by atoms with Crippen LogP contribution in [0.5, 0.6) is 0 Å². The Bertz CT molecular complexity index is 430. The molecule has 0 amide bonds. The maximum Gasteiger partial charge on any atom is 3.00 e. The van der Waals surface area contributed by atoms with Gasteiger partial charge in [-0.2, -0.15) is 0 Å². The SMILES string of the molecule is CCCC[N-]Cc1ccccc1C1=CC=CC1.[Cl-].[Cl-].[Ti+3]. The van der Waals surface area contributed by atoms with Gasteiger partial charge in [-0.25, -0.2) is 0 Å². The predicted molar refractivity (Wildman–Crippen MR) is 75.0 cm³/mol. The summed E-state index contributed by atoms with van der Waals surface area (Å²) in [4.78, 5) is 0. The molecule has 1 aromatic rings. The second-order valence-corrected chi connectivity index (χ2v) is 4.44. The summed E-state index contributed by atoms with van der Waals surface area (Å²) in [7, 11) is 0. The molecular formula is C16H20Cl2NTi. The summed E-state index contributed by atoms with van der Waals surface area (Å²) in [5, 5.41) is 4.62. The molecule has 0 N–H and O–H groups in total. The molecule has 0 heterocycles. The molecule has 4 heteroatoms. The molecule has 1 nitrogen and oxygen atoms in total. The van der Waals surface area contributed by atoms with Gasteiger partial charge in [-0.15, -0.1) is 13.1 Å². The van der Waals surface area contributed by atoms with Crippen LogP contribution in [0, 0.1) is 0 Å². The van der Waals surface area contributed by atoms with Gasteiger partial charge in [0.2, 0.25) is 0 Å². The fourth-order valence-corrected chi connectivity index (χ4v) is 2.09. The van der Waals surface area contributed by atoms with Crippen LogP contribution in [0.3, 0.4) is 0 Å². The number of hydrogen-bond acceptors (Lipinski definition) is 0. The molecular weight excluding hydrogens is 325 g/mol. The molecule has 1 aliphatic carbocycles. The van der Waals surface area contributed by atoms with Crippen molar-refractivity contribution in [2.75, 3.05) is 6.54 Å². The van der Waals surface area contributed by atoms with Crippen LogP contribution in [0.15, 0.2) is 42.5 Å². The van der Waals surface area contributed by atoms with Gasteiger partial charge in [0.1, 0.15) is 0 Å². The summed E-state index contributed by atoms with van der Waals surface area (Å²) in [5.74, 6) is 0. The van der Waals surface area contributed by atoms with Crippen molar-refractivity contribution in [1.29, 1.82) is 0 Å². The van der Waals surface area contributed by atoms with Gasteiger partial charge in [0, 0.05) is 0 Å². The zero-order chi connectivity index (χ0) is 11.9. The molecule has 0 aromatic heterocycles. The van der Waals surface area contributed by atoms with Crippen molar-refractivity contribution in [3.8, 4) is 0 Å². The Labute approximate surface area is 150 Å². The number of nitrogens with zero attached hydrogens (tertiary/aromatic N) is 1. The minimum absolute atomic E-state index is 0. The van der Waals surface area contributed by atoms with Gasteiger partial charge in [-0.05, 0) is 17.6 Å². The molecule has 1 radical (unpaired) electrons. The summed E-state index contributed by atoms with van der Waals surface area (Å²) >= 11 is 0. The van der Waals surface area contributed by atoms with E-state index in [4.69, 9.17) is 0 Å². The molecule has 0 atom stereocenters. The number of hydrogen-bond donors (Lipinski definition) is 0. The van der Waals surface area contributed by atoms with Gasteiger partial charge in [-0.3, -0.25) is 0 Å². The van der Waals surface area contributed by atoms with E-state index in [2.05, 4.69) is 54.7 Å². The topological polar surface area (TPSA) is 14.1 Å². The quantitative estimate of drug-likeness (QED) is 0.450. The van der Waals surface area contributed by atoms with Crippen molar-refractivity contribution in [1.82, 2.24) is 0 Å². The van der Waals surface area contributed by atoms with Crippen molar-refractivity contribution in [3.63, 3.8) is 0 Å². The van der Waals surface area contributed by atoms with E-state index >= 15 is 0 Å². The summed E-state index contributed by atoms with van der Waals surface area (Å²) < 4.78 is 0. The Morgan fingerprint density at radius 2 is 1.90 bits per heavy atom. The number of rotatable bonds is 6. The molecule has 0 bridgehead atoms. The van der Waals surface area contributed by atoms with Crippen molar-refractivity contribution in [2.45, 2.75) is 32.7 Å². The summed E-state index contributed by atoms with van der Waals surface area (Å²) in [5.41, 5.74) is 4.16. The summed E-state index contributed by atoms with van der Waals surface area (Å²) in [6.45, 7) is 4.05. The molecule has 0 saturated carbocycles. The Balaban J connectivity index is 0. The number of unbranched alkanes of at least 4 members (excludes halogenated alkanes) is 1. The number of allylic oxidation sites excluding steroid dienone is 4. The Morgan fingerprint density at radius 3 is 2.55 bits per heavy atom. The molecule has 0 spiro atoms. The van der Waals surface area contributed by atoms with Gasteiger partial charge < -0.3 is 30.1 Å². The minimum atomic E-state index is 0. The van der Waals surface area contributed by atoms with E-state index in [9.17, 15) is 0 Å². The number of halogens is 2. The fraction of sp³-hybridized carbons (Fsp3) is 0.375. The van der Waals surface area contributed by atoms with Crippen molar-refractivity contribution >= 4 is 5.57 Å². The molecule has 0 fully saturated rings. The number of benzene rings is 1. The Hall–Kier alpha value is -0.0457. The molecule has 0 aliphatic heterocycles. The van der Waals surface area contributed by atoms with Crippen molar-refractivity contribution < 1.29 is 46.5 Å². The third-order valence-corrected chi connectivity index (χ3v) is 3.09. The second kappa shape index (κ2) is 12.7. The van der Waals surface area contributed by atoms with Gasteiger partial charge in [0.05, 0.1) is 0 Å². The van der Waals surface area contributed by atoms with Crippen LogP contribution in [-0.2, 0) is 28.3 Å². The largest absolute Gasteiger partial charge is 3.00 e. The van der Waals surface area contributed by atoms with Crippen LogP contribution in [0.1, 0.15) is 37.3 Å². The van der Waals surface area contributed by atoms with Crippen LogP contribution in [-0.4, -0.2) is 6.54 Å². The molecule has 0 saturated heterocycles. The molecule has 20 heavy (non-hydrogen) atoms. The maximum atomic E-state index is 4.62. The first-order valence-electron chi connectivity index (χ1n) is 6.49. The van der Waals surface area contributed by atoms with Gasteiger partial charge in [-0.1, -0.05) is 67.8 Å². The van der Waals surface area contributed by atoms with E-state index in [1.54, 1.807) is 0 Å². The van der Waals surface area contributed by atoms with Gasteiger partial charge in [0.15, 0.2) is 0 Å². The van der Waals surface area contributed by atoms with Crippen LogP contribution in [0.25, 0.3) is 10.9 Å². The third-order valence-electron chi connectivity index (χ3n) is 3.09. The van der Waals surface area contributed by atoms with E-state index in [0.29, 0.717) is 0 Å². The maximum absolute atomic E-state index is 4.62. The van der Waals surface area contributed by atoms with Crippen LogP contribution in [0.2, 0.25) is 0 Å². The standard InChI is InChI=1S/C16H20N.2ClH.Ti/c1-2-3-12-17-13-15-10-6-7-11-16(15)14-8-4-5-9-14;;;/h4-8,10-11H,2-3,9,12-13H2,1H3;2*1H;/q-1;;;+3/p-2. The van der Waals surface area contributed by atoms with E-state index in [-0.39, 0.29) is 46.5 Å². The summed E-state index contributed by atoms with van der Waals surface area (Å²) in [6, 6.07) is 8.63. The molecule has 2 rings (SSSR count). The first-order chi connectivity index (χ1) is 8.42. The van der Waals surface area contributed by atoms with Crippen molar-refractivity contribution in [2.24, 2.45) is 0 Å². The monoisotopic (exact) mass is 344 g/mol. The zero-order valence-corrected chi connectivity index (χ0v) is 14.9. The molecule has 1 aromatic carbocycles. The van der Waals surface area contributed by atoms with E-state index < -0.39 is 0 Å². The average Bonchev–Trinajstić information content (AvgIpc) is 2.89. The molecule has 107 valence electrons.